The van der Waals surface area contributed by atoms with Crippen LogP contribution in [0.4, 0.5) is 0 Å². The molecule has 2 aromatic rings. The molecule has 1 atom stereocenters. The molecule has 0 aliphatic heterocycles. The monoisotopic (exact) mass is 273 g/mol. The fourth-order valence-corrected chi connectivity index (χ4v) is 2.77. The zero-order valence-electron chi connectivity index (χ0n) is 11.8. The average Bonchev–Trinajstić information content (AvgIpc) is 2.90. The van der Waals surface area contributed by atoms with E-state index in [2.05, 4.69) is 26.8 Å². The maximum absolute atomic E-state index is 5.89. The fraction of sp³-hybridized carbons (Fsp3) is 0.500. The van der Waals surface area contributed by atoms with E-state index in [1.165, 1.54) is 28.8 Å². The van der Waals surface area contributed by atoms with Gasteiger partial charge in [0, 0.05) is 6.04 Å². The average molecular weight is 273 g/mol. The molecule has 20 heavy (non-hydrogen) atoms. The Morgan fingerprint density at radius 1 is 1.45 bits per heavy atom. The van der Waals surface area contributed by atoms with Crippen LogP contribution >= 0.6 is 0 Å². The van der Waals surface area contributed by atoms with Crippen LogP contribution in [0.3, 0.4) is 0 Å². The third kappa shape index (κ3) is 2.51. The highest BCUT2D eigenvalue weighted by atomic mass is 16.5. The summed E-state index contributed by atoms with van der Waals surface area (Å²) in [6.45, 7) is 0.356. The molecule has 0 amide bonds. The zero-order chi connectivity index (χ0) is 13.9. The van der Waals surface area contributed by atoms with Crippen molar-refractivity contribution < 1.29 is 4.74 Å². The third-order valence-electron chi connectivity index (χ3n) is 3.72. The van der Waals surface area contributed by atoms with Crippen molar-refractivity contribution in [1.29, 1.82) is 0 Å². The van der Waals surface area contributed by atoms with Crippen LogP contribution in [-0.4, -0.2) is 27.3 Å². The van der Waals surface area contributed by atoms with Gasteiger partial charge in [-0.15, -0.1) is 10.2 Å². The van der Waals surface area contributed by atoms with Gasteiger partial charge >= 0.3 is 0 Å². The number of hydrogen-bond acceptors (Lipinski definition) is 5. The Balaban J connectivity index is 1.80. The molecule has 0 radical (unpaired) electrons. The Morgan fingerprint density at radius 3 is 3.10 bits per heavy atom. The van der Waals surface area contributed by atoms with Gasteiger partial charge in [-0.05, 0) is 48.7 Å². The summed E-state index contributed by atoms with van der Waals surface area (Å²) in [6.07, 6.45) is 3.43. The SMILES string of the molecule is CNC1CCCc2c(OCc3nnn(C)n3)cccc21. The predicted molar refractivity (Wildman–Crippen MR) is 74.3 cm³/mol. The van der Waals surface area contributed by atoms with Crippen LogP contribution < -0.4 is 10.1 Å². The van der Waals surface area contributed by atoms with Gasteiger partial charge in [0.2, 0.25) is 5.82 Å². The maximum atomic E-state index is 5.89. The van der Waals surface area contributed by atoms with Crippen LogP contribution in [0.25, 0.3) is 0 Å². The minimum atomic E-state index is 0.356. The normalized spacial score (nSPS) is 17.8. The molecular weight excluding hydrogens is 254 g/mol. The summed E-state index contributed by atoms with van der Waals surface area (Å²) in [5.41, 5.74) is 2.66. The quantitative estimate of drug-likeness (QED) is 0.912. The Morgan fingerprint density at radius 2 is 2.35 bits per heavy atom. The number of rotatable bonds is 4. The molecule has 1 aromatic carbocycles. The molecule has 0 spiro atoms. The van der Waals surface area contributed by atoms with Crippen LogP contribution in [-0.2, 0) is 20.1 Å². The van der Waals surface area contributed by atoms with Crippen LogP contribution in [0.15, 0.2) is 18.2 Å². The topological polar surface area (TPSA) is 64.9 Å². The Hall–Kier alpha value is -1.95. The van der Waals surface area contributed by atoms with Crippen LogP contribution in [0.2, 0.25) is 0 Å². The first kappa shape index (κ1) is 13.1. The van der Waals surface area contributed by atoms with Gasteiger partial charge in [0.05, 0.1) is 7.05 Å². The molecule has 3 rings (SSSR count). The zero-order valence-corrected chi connectivity index (χ0v) is 11.8. The molecule has 1 aliphatic carbocycles. The lowest BCUT2D eigenvalue weighted by Crippen LogP contribution is -2.22. The number of fused-ring (bicyclic) bond motifs is 1. The van der Waals surface area contributed by atoms with Gasteiger partial charge < -0.3 is 10.1 Å². The lowest BCUT2D eigenvalue weighted by Gasteiger charge is -2.26. The number of nitrogens with one attached hydrogen (secondary N) is 1. The molecular formula is C14H19N5O. The lowest BCUT2D eigenvalue weighted by molar-refractivity contribution is 0.289. The fourth-order valence-electron chi connectivity index (χ4n) is 2.77. The number of hydrogen-bond donors (Lipinski definition) is 1. The first-order valence-electron chi connectivity index (χ1n) is 6.92. The molecule has 1 aliphatic rings. The molecule has 1 unspecified atom stereocenters. The maximum Gasteiger partial charge on any atom is 0.212 e. The van der Waals surface area contributed by atoms with Crippen molar-refractivity contribution in [3.63, 3.8) is 0 Å². The molecule has 106 valence electrons. The summed E-state index contributed by atoms with van der Waals surface area (Å²) in [4.78, 5) is 1.44. The Bertz CT molecular complexity index is 595. The molecule has 1 aromatic heterocycles. The summed E-state index contributed by atoms with van der Waals surface area (Å²) in [5, 5.41) is 15.2. The summed E-state index contributed by atoms with van der Waals surface area (Å²) < 4.78 is 5.89. The van der Waals surface area contributed by atoms with Gasteiger partial charge in [0.15, 0.2) is 6.61 Å². The van der Waals surface area contributed by atoms with Gasteiger partial charge in [-0.3, -0.25) is 0 Å². The van der Waals surface area contributed by atoms with Gasteiger partial charge in [0.25, 0.3) is 0 Å². The largest absolute Gasteiger partial charge is 0.485 e. The van der Waals surface area contributed by atoms with E-state index in [4.69, 9.17) is 4.74 Å². The van der Waals surface area contributed by atoms with Crippen molar-refractivity contribution in [3.05, 3.63) is 35.2 Å². The second-order valence-corrected chi connectivity index (χ2v) is 5.04. The number of benzene rings is 1. The molecule has 0 fully saturated rings. The number of aryl methyl sites for hydroxylation is 1. The van der Waals surface area contributed by atoms with Crippen LogP contribution in [0.5, 0.6) is 5.75 Å². The summed E-state index contributed by atoms with van der Waals surface area (Å²) >= 11 is 0. The highest BCUT2D eigenvalue weighted by Crippen LogP contribution is 2.35. The van der Waals surface area contributed by atoms with Crippen molar-refractivity contribution in [2.24, 2.45) is 7.05 Å². The van der Waals surface area contributed by atoms with Gasteiger partial charge in [-0.25, -0.2) is 0 Å². The standard InChI is InChI=1S/C14H19N5O/c1-15-12-7-3-6-11-10(12)5-4-8-13(11)20-9-14-16-18-19(2)17-14/h4-5,8,12,15H,3,6-7,9H2,1-2H3. The van der Waals surface area contributed by atoms with E-state index in [-0.39, 0.29) is 0 Å². The van der Waals surface area contributed by atoms with Crippen LogP contribution in [0, 0.1) is 0 Å². The highest BCUT2D eigenvalue weighted by Gasteiger charge is 2.21. The highest BCUT2D eigenvalue weighted by molar-refractivity contribution is 5.43. The molecule has 6 nitrogen and oxygen atoms in total. The smallest absolute Gasteiger partial charge is 0.212 e. The number of nitrogens with zero attached hydrogens (tertiary/aromatic N) is 4. The van der Waals surface area contributed by atoms with Crippen molar-refractivity contribution in [3.8, 4) is 5.75 Å². The van der Waals surface area contributed by atoms with Crippen molar-refractivity contribution in [2.45, 2.75) is 31.9 Å². The van der Waals surface area contributed by atoms with E-state index >= 15 is 0 Å². The van der Waals surface area contributed by atoms with E-state index in [0.29, 0.717) is 18.5 Å². The molecule has 0 bridgehead atoms. The number of tetrazole rings is 1. The summed E-state index contributed by atoms with van der Waals surface area (Å²) in [5.74, 6) is 1.54. The first-order valence-corrected chi connectivity index (χ1v) is 6.92. The molecule has 6 heteroatoms. The van der Waals surface area contributed by atoms with E-state index < -0.39 is 0 Å². The Kier molecular flexibility index (Phi) is 3.64. The predicted octanol–water partition coefficient (Wildman–Crippen LogP) is 1.39. The number of aromatic nitrogens is 4. The minimum absolute atomic E-state index is 0.356. The second kappa shape index (κ2) is 5.58. The number of ether oxygens (including phenoxy) is 1. The van der Waals surface area contributed by atoms with E-state index in [1.54, 1.807) is 7.05 Å². The Labute approximate surface area is 118 Å². The molecule has 1 heterocycles. The summed E-state index contributed by atoms with van der Waals surface area (Å²) in [7, 11) is 3.76. The minimum Gasteiger partial charge on any atom is -0.485 e. The van der Waals surface area contributed by atoms with Gasteiger partial charge in [0.1, 0.15) is 5.75 Å². The van der Waals surface area contributed by atoms with Crippen molar-refractivity contribution in [2.75, 3.05) is 7.05 Å². The van der Waals surface area contributed by atoms with Crippen molar-refractivity contribution in [1.82, 2.24) is 25.5 Å². The first-order chi connectivity index (χ1) is 9.78. The van der Waals surface area contributed by atoms with Gasteiger partial charge in [-0.2, -0.15) is 4.80 Å². The molecule has 1 N–H and O–H groups in total. The summed E-state index contributed by atoms with van der Waals surface area (Å²) in [6, 6.07) is 6.68. The second-order valence-electron chi connectivity index (χ2n) is 5.04. The molecule has 0 saturated heterocycles. The van der Waals surface area contributed by atoms with Crippen molar-refractivity contribution >= 4 is 0 Å². The molecule has 0 saturated carbocycles. The third-order valence-corrected chi connectivity index (χ3v) is 3.72. The van der Waals surface area contributed by atoms with E-state index in [0.717, 1.165) is 12.2 Å². The van der Waals surface area contributed by atoms with E-state index in [1.807, 2.05) is 19.2 Å². The van der Waals surface area contributed by atoms with Gasteiger partial charge in [-0.1, -0.05) is 12.1 Å². The van der Waals surface area contributed by atoms with E-state index in [9.17, 15) is 0 Å². The lowest BCUT2D eigenvalue weighted by atomic mass is 9.87. The van der Waals surface area contributed by atoms with Crippen LogP contribution in [0.1, 0.15) is 35.8 Å².